The number of carbonyl (C=O) groups excluding carboxylic acids is 3. The number of nitrogens with one attached hydrogen (secondary N) is 2. The number of aromatic nitrogens is 3. The van der Waals surface area contributed by atoms with E-state index in [2.05, 4.69) is 36.9 Å². The molecule has 44 heavy (non-hydrogen) atoms. The minimum absolute atomic E-state index is 0.00983. The number of alkyl halides is 1. The van der Waals surface area contributed by atoms with Crippen LogP contribution in [0.5, 0.6) is 0 Å². The maximum absolute atomic E-state index is 14.5. The van der Waals surface area contributed by atoms with Gasteiger partial charge in [-0.1, -0.05) is 93.9 Å². The van der Waals surface area contributed by atoms with E-state index in [0.717, 1.165) is 11.1 Å². The smallest absolute Gasteiger partial charge is 0.247 e. The van der Waals surface area contributed by atoms with Crippen LogP contribution >= 0.6 is 15.9 Å². The molecule has 1 spiro atoms. The van der Waals surface area contributed by atoms with Crippen molar-refractivity contribution < 1.29 is 24.2 Å². The summed E-state index contributed by atoms with van der Waals surface area (Å²) in [6.45, 7) is -0.107. The molecule has 4 heterocycles. The Morgan fingerprint density at radius 3 is 2.45 bits per heavy atom. The van der Waals surface area contributed by atoms with Crippen molar-refractivity contribution >= 4 is 44.7 Å². The lowest BCUT2D eigenvalue weighted by atomic mass is 9.70. The lowest BCUT2D eigenvalue weighted by Gasteiger charge is -2.37. The average Bonchev–Trinajstić information content (AvgIpc) is 3.77. The molecule has 3 fully saturated rings. The molecule has 7 atom stereocenters. The molecular formula is C32H31BrN6O5. The summed E-state index contributed by atoms with van der Waals surface area (Å²) in [7, 11) is 0. The summed E-state index contributed by atoms with van der Waals surface area (Å²) < 4.78 is 8.18. The third kappa shape index (κ3) is 4.59. The van der Waals surface area contributed by atoms with E-state index < -0.39 is 48.1 Å². The highest BCUT2D eigenvalue weighted by molar-refractivity contribution is 9.09. The maximum atomic E-state index is 14.5. The van der Waals surface area contributed by atoms with E-state index in [1.165, 1.54) is 4.90 Å². The number of benzene rings is 3. The van der Waals surface area contributed by atoms with Crippen LogP contribution in [0.15, 0.2) is 84.9 Å². The van der Waals surface area contributed by atoms with Crippen molar-refractivity contribution in [1.29, 1.82) is 0 Å². The third-order valence-corrected chi connectivity index (χ3v) is 9.95. The molecule has 11 nitrogen and oxygen atoms in total. The van der Waals surface area contributed by atoms with Crippen molar-refractivity contribution in [3.05, 3.63) is 96.1 Å². The summed E-state index contributed by atoms with van der Waals surface area (Å²) in [6.07, 6.45) is -0.245. The quantitative estimate of drug-likeness (QED) is 0.235. The number of nitrogens with zero attached hydrogens (tertiary/aromatic N) is 4. The molecule has 0 aliphatic carbocycles. The van der Waals surface area contributed by atoms with Crippen molar-refractivity contribution in [3.63, 3.8) is 0 Å². The first-order valence-electron chi connectivity index (χ1n) is 14.6. The molecule has 12 heteroatoms. The van der Waals surface area contributed by atoms with Gasteiger partial charge in [-0.15, -0.1) is 5.10 Å². The molecule has 3 unspecified atom stereocenters. The minimum Gasteiger partial charge on any atom is -0.394 e. The number of aliphatic hydroxyl groups is 1. The number of ether oxygens (including phenoxy) is 1. The van der Waals surface area contributed by atoms with Crippen LogP contribution in [0.2, 0.25) is 0 Å². The molecule has 3 saturated heterocycles. The lowest BCUT2D eigenvalue weighted by Crippen LogP contribution is -2.56. The fourth-order valence-corrected chi connectivity index (χ4v) is 8.16. The zero-order valence-corrected chi connectivity index (χ0v) is 25.2. The number of rotatable bonds is 9. The van der Waals surface area contributed by atoms with Crippen LogP contribution in [0.1, 0.15) is 23.6 Å². The van der Waals surface area contributed by atoms with Gasteiger partial charge in [0.05, 0.1) is 36.1 Å². The number of fused-ring (bicyclic) bond motifs is 2. The van der Waals surface area contributed by atoms with Crippen LogP contribution in [0.25, 0.3) is 11.0 Å². The van der Waals surface area contributed by atoms with Crippen LogP contribution < -0.4 is 10.6 Å². The summed E-state index contributed by atoms with van der Waals surface area (Å²) in [6, 6.07) is 24.1. The van der Waals surface area contributed by atoms with Crippen LogP contribution in [-0.2, 0) is 32.3 Å². The normalized spacial score (nSPS) is 27.8. The number of aliphatic hydroxyl groups excluding tert-OH is 1. The fourth-order valence-electron chi connectivity index (χ4n) is 7.22. The number of hydrogen-bond acceptors (Lipinski definition) is 7. The standard InChI is InChI=1S/C32H31BrN6O5/c33-21-15-32-26(25(27(21)44-32)29(41)34-16-19-9-3-1-4-10-19)31(43)39(24(17-40)20-11-5-2-6-12-20)28(32)30(42)35-18-38-23-14-8-7-13-22(23)36-37-38/h1-14,21,24-28,40H,15-18H2,(H,34,41)(H,35,42)/t21?,24-,25-,26+,27-,28?,32?/m1/s1. The number of amides is 3. The number of carbonyl (C=O) groups is 3. The highest BCUT2D eigenvalue weighted by atomic mass is 79.9. The molecule has 1 aromatic heterocycles. The van der Waals surface area contributed by atoms with E-state index in [9.17, 15) is 19.5 Å². The Kier molecular flexibility index (Phi) is 7.43. The van der Waals surface area contributed by atoms with Gasteiger partial charge in [0, 0.05) is 11.4 Å². The van der Waals surface area contributed by atoms with Crippen LogP contribution in [0.3, 0.4) is 0 Å². The topological polar surface area (TPSA) is 139 Å². The Bertz CT molecular complexity index is 1700. The first-order valence-corrected chi connectivity index (χ1v) is 15.5. The van der Waals surface area contributed by atoms with E-state index in [-0.39, 0.29) is 23.3 Å². The van der Waals surface area contributed by atoms with Gasteiger partial charge in [0.1, 0.15) is 23.8 Å². The zero-order valence-electron chi connectivity index (χ0n) is 23.6. The van der Waals surface area contributed by atoms with E-state index in [4.69, 9.17) is 4.74 Å². The van der Waals surface area contributed by atoms with Crippen molar-refractivity contribution in [3.8, 4) is 0 Å². The second-order valence-corrected chi connectivity index (χ2v) is 12.7. The van der Waals surface area contributed by atoms with Crippen molar-refractivity contribution in [2.45, 2.75) is 48.3 Å². The largest absolute Gasteiger partial charge is 0.394 e. The van der Waals surface area contributed by atoms with E-state index in [1.807, 2.05) is 84.9 Å². The summed E-state index contributed by atoms with van der Waals surface area (Å²) in [5.74, 6) is -2.88. The fraction of sp³-hybridized carbons (Fsp3) is 0.344. The number of likely N-dealkylation sites (tertiary alicyclic amines) is 1. The van der Waals surface area contributed by atoms with E-state index >= 15 is 0 Å². The second kappa shape index (κ2) is 11.4. The molecule has 3 aliphatic heterocycles. The molecule has 3 N–H and O–H groups in total. The number of halogens is 1. The van der Waals surface area contributed by atoms with Crippen LogP contribution in [0.4, 0.5) is 0 Å². The summed E-state index contributed by atoms with van der Waals surface area (Å²) in [4.78, 5) is 43.7. The van der Waals surface area contributed by atoms with Crippen molar-refractivity contribution in [2.75, 3.05) is 6.61 Å². The predicted octanol–water partition coefficient (Wildman–Crippen LogP) is 2.30. The molecule has 7 rings (SSSR count). The van der Waals surface area contributed by atoms with Gasteiger partial charge in [-0.25, -0.2) is 4.68 Å². The molecular weight excluding hydrogens is 628 g/mol. The van der Waals surface area contributed by atoms with Gasteiger partial charge in [0.2, 0.25) is 17.7 Å². The third-order valence-electron chi connectivity index (χ3n) is 9.10. The molecule has 226 valence electrons. The van der Waals surface area contributed by atoms with Gasteiger partial charge in [-0.2, -0.15) is 0 Å². The Labute approximate surface area is 261 Å². The highest BCUT2D eigenvalue weighted by Crippen LogP contribution is 2.61. The Hall–Kier alpha value is -4.13. The Morgan fingerprint density at radius 2 is 1.70 bits per heavy atom. The van der Waals surface area contributed by atoms with E-state index in [1.54, 1.807) is 4.68 Å². The summed E-state index contributed by atoms with van der Waals surface area (Å²) >= 11 is 3.71. The first kappa shape index (κ1) is 28.6. The number of hydrogen-bond donors (Lipinski definition) is 3. The maximum Gasteiger partial charge on any atom is 0.247 e. The number of para-hydroxylation sites is 1. The molecule has 3 aromatic carbocycles. The van der Waals surface area contributed by atoms with Gasteiger partial charge in [0.25, 0.3) is 0 Å². The van der Waals surface area contributed by atoms with Gasteiger partial charge < -0.3 is 25.4 Å². The second-order valence-electron chi connectivity index (χ2n) is 11.5. The van der Waals surface area contributed by atoms with Crippen LogP contribution in [-0.4, -0.2) is 71.9 Å². The minimum atomic E-state index is -1.28. The summed E-state index contributed by atoms with van der Waals surface area (Å²) in [5.41, 5.74) is 1.76. The monoisotopic (exact) mass is 658 g/mol. The van der Waals surface area contributed by atoms with Gasteiger partial charge in [0.15, 0.2) is 0 Å². The molecule has 0 saturated carbocycles. The summed E-state index contributed by atoms with van der Waals surface area (Å²) in [5, 5.41) is 24.9. The van der Waals surface area contributed by atoms with Crippen molar-refractivity contribution in [2.24, 2.45) is 11.8 Å². The van der Waals surface area contributed by atoms with Crippen LogP contribution in [0, 0.1) is 11.8 Å². The Morgan fingerprint density at radius 1 is 1.00 bits per heavy atom. The lowest BCUT2D eigenvalue weighted by molar-refractivity contribution is -0.146. The van der Waals surface area contributed by atoms with Gasteiger partial charge >= 0.3 is 0 Å². The molecule has 3 amide bonds. The molecule has 4 aromatic rings. The van der Waals surface area contributed by atoms with E-state index in [0.29, 0.717) is 24.0 Å². The first-order chi connectivity index (χ1) is 21.4. The highest BCUT2D eigenvalue weighted by Gasteiger charge is 2.77. The average molecular weight is 660 g/mol. The predicted molar refractivity (Wildman–Crippen MR) is 163 cm³/mol. The zero-order chi connectivity index (χ0) is 30.4. The molecule has 0 radical (unpaired) electrons. The Balaban J connectivity index is 1.23. The van der Waals surface area contributed by atoms with Gasteiger partial charge in [-0.05, 0) is 29.7 Å². The molecule has 3 aliphatic rings. The van der Waals surface area contributed by atoms with Gasteiger partial charge in [-0.3, -0.25) is 14.4 Å². The SMILES string of the molecule is O=C(NCn1nnc2ccccc21)C1N([C@H](CO)c2ccccc2)C(=O)[C@@H]2[C@@H](C(=O)NCc3ccccc3)[C@@H]3OC12CC3Br. The molecule has 2 bridgehead atoms. The van der Waals surface area contributed by atoms with Crippen molar-refractivity contribution in [1.82, 2.24) is 30.5 Å².